The fraction of sp³-hybridized carbons (Fsp3) is 0.435. The molecule has 1 heterocycles. The summed E-state index contributed by atoms with van der Waals surface area (Å²) in [5.41, 5.74) is 2.55. The van der Waals surface area contributed by atoms with Gasteiger partial charge >= 0.3 is 0 Å². The Morgan fingerprint density at radius 2 is 1.73 bits per heavy atom. The minimum Gasteiger partial charge on any atom is -0.496 e. The summed E-state index contributed by atoms with van der Waals surface area (Å²) < 4.78 is 29.6. The summed E-state index contributed by atoms with van der Waals surface area (Å²) in [6.07, 6.45) is 0.459. The van der Waals surface area contributed by atoms with E-state index in [2.05, 4.69) is 30.9 Å². The van der Waals surface area contributed by atoms with E-state index in [-0.39, 0.29) is 23.5 Å². The van der Waals surface area contributed by atoms with Crippen molar-refractivity contribution in [2.75, 3.05) is 36.6 Å². The van der Waals surface area contributed by atoms with Crippen molar-refractivity contribution in [2.24, 2.45) is 0 Å². The minimum absolute atomic E-state index is 0.00538. The third-order valence-electron chi connectivity index (χ3n) is 5.67. The first-order valence-electron chi connectivity index (χ1n) is 10.4. The summed E-state index contributed by atoms with van der Waals surface area (Å²) >= 11 is 0. The molecule has 30 heavy (non-hydrogen) atoms. The quantitative estimate of drug-likeness (QED) is 0.642. The number of hydrogen-bond acceptors (Lipinski definition) is 5. The molecule has 1 aliphatic rings. The summed E-state index contributed by atoms with van der Waals surface area (Å²) in [6.45, 7) is 6.44. The van der Waals surface area contributed by atoms with Gasteiger partial charge in [0, 0.05) is 31.4 Å². The van der Waals surface area contributed by atoms with Gasteiger partial charge in [0.25, 0.3) is 5.91 Å². The summed E-state index contributed by atoms with van der Waals surface area (Å²) in [4.78, 5) is 17.4. The number of sulfone groups is 1. The minimum atomic E-state index is -3.12. The summed E-state index contributed by atoms with van der Waals surface area (Å²) in [6, 6.07) is 14.9. The molecule has 0 aliphatic carbocycles. The largest absolute Gasteiger partial charge is 0.496 e. The summed E-state index contributed by atoms with van der Waals surface area (Å²) in [5.74, 6) is 0.410. The van der Waals surface area contributed by atoms with Gasteiger partial charge in [0.1, 0.15) is 5.75 Å². The molecule has 0 aromatic heterocycles. The number of para-hydroxylation sites is 1. The zero-order valence-corrected chi connectivity index (χ0v) is 18.7. The van der Waals surface area contributed by atoms with Crippen molar-refractivity contribution in [1.29, 1.82) is 0 Å². The number of anilines is 1. The van der Waals surface area contributed by atoms with Crippen LogP contribution in [0.5, 0.6) is 5.75 Å². The Hall–Kier alpha value is -2.54. The number of methoxy groups -OCH3 is 1. The first-order chi connectivity index (χ1) is 14.4. The third-order valence-corrected chi connectivity index (χ3v) is 7.42. The highest BCUT2D eigenvalue weighted by Crippen LogP contribution is 2.26. The molecule has 7 heteroatoms. The SMILES string of the molecule is CCN(CC)c1ccc(CN(C(=O)c2ccccc2OC)C2CCS(=O)(=O)C2)cc1. The van der Waals surface area contributed by atoms with E-state index < -0.39 is 9.84 Å². The van der Waals surface area contributed by atoms with E-state index >= 15 is 0 Å². The van der Waals surface area contributed by atoms with Crippen molar-refractivity contribution in [3.63, 3.8) is 0 Å². The predicted octanol–water partition coefficient (Wildman–Crippen LogP) is 3.37. The molecule has 1 aliphatic heterocycles. The second-order valence-electron chi connectivity index (χ2n) is 7.53. The third kappa shape index (κ3) is 4.95. The summed E-state index contributed by atoms with van der Waals surface area (Å²) in [7, 11) is -1.59. The van der Waals surface area contributed by atoms with Crippen LogP contribution in [0.4, 0.5) is 5.69 Å². The number of amides is 1. The maximum Gasteiger partial charge on any atom is 0.258 e. The van der Waals surface area contributed by atoms with Crippen LogP contribution in [0.3, 0.4) is 0 Å². The van der Waals surface area contributed by atoms with Crippen molar-refractivity contribution in [2.45, 2.75) is 32.9 Å². The fourth-order valence-electron chi connectivity index (χ4n) is 3.96. The van der Waals surface area contributed by atoms with Gasteiger partial charge in [-0.25, -0.2) is 8.42 Å². The van der Waals surface area contributed by atoms with Crippen LogP contribution in [-0.4, -0.2) is 57.0 Å². The van der Waals surface area contributed by atoms with Crippen LogP contribution in [0.2, 0.25) is 0 Å². The van der Waals surface area contributed by atoms with Crippen LogP contribution in [0.1, 0.15) is 36.2 Å². The Bertz CT molecular complexity index is 969. The molecule has 0 saturated carbocycles. The fourth-order valence-corrected chi connectivity index (χ4v) is 5.69. The van der Waals surface area contributed by atoms with Crippen LogP contribution in [0.25, 0.3) is 0 Å². The van der Waals surface area contributed by atoms with Crippen LogP contribution in [0.15, 0.2) is 48.5 Å². The van der Waals surface area contributed by atoms with Crippen molar-refractivity contribution < 1.29 is 17.9 Å². The molecule has 162 valence electrons. The van der Waals surface area contributed by atoms with E-state index in [4.69, 9.17) is 4.74 Å². The average molecular weight is 431 g/mol. The molecule has 1 atom stereocenters. The lowest BCUT2D eigenvalue weighted by molar-refractivity contribution is 0.0677. The second kappa shape index (κ2) is 9.51. The molecule has 6 nitrogen and oxygen atoms in total. The zero-order valence-electron chi connectivity index (χ0n) is 17.9. The molecule has 0 spiro atoms. The van der Waals surface area contributed by atoms with Gasteiger partial charge in [0.05, 0.1) is 24.2 Å². The van der Waals surface area contributed by atoms with Gasteiger partial charge in [0.2, 0.25) is 0 Å². The van der Waals surface area contributed by atoms with Crippen LogP contribution >= 0.6 is 0 Å². The lowest BCUT2D eigenvalue weighted by Gasteiger charge is -2.29. The van der Waals surface area contributed by atoms with Gasteiger partial charge in [-0.3, -0.25) is 4.79 Å². The molecule has 2 aromatic carbocycles. The molecule has 1 unspecified atom stereocenters. The molecule has 1 saturated heterocycles. The summed E-state index contributed by atoms with van der Waals surface area (Å²) in [5, 5.41) is 0. The number of ether oxygens (including phenoxy) is 1. The molecule has 1 fully saturated rings. The first kappa shape index (κ1) is 22.2. The average Bonchev–Trinajstić information content (AvgIpc) is 3.12. The van der Waals surface area contributed by atoms with Crippen molar-refractivity contribution >= 4 is 21.4 Å². The van der Waals surface area contributed by atoms with Gasteiger partial charge in [-0.05, 0) is 50.1 Å². The normalized spacial score (nSPS) is 17.5. The first-order valence-corrected chi connectivity index (χ1v) is 12.2. The zero-order chi connectivity index (χ0) is 21.7. The van der Waals surface area contributed by atoms with Crippen LogP contribution < -0.4 is 9.64 Å². The van der Waals surface area contributed by atoms with Crippen LogP contribution in [-0.2, 0) is 16.4 Å². The van der Waals surface area contributed by atoms with Crippen molar-refractivity contribution in [3.8, 4) is 5.75 Å². The van der Waals surface area contributed by atoms with Gasteiger partial charge in [-0.15, -0.1) is 0 Å². The molecule has 3 rings (SSSR count). The second-order valence-corrected chi connectivity index (χ2v) is 9.76. The number of rotatable bonds is 8. The number of benzene rings is 2. The lowest BCUT2D eigenvalue weighted by Crippen LogP contribution is -2.40. The monoisotopic (exact) mass is 430 g/mol. The Morgan fingerprint density at radius 3 is 2.30 bits per heavy atom. The molecule has 0 radical (unpaired) electrons. The molecule has 0 bridgehead atoms. The highest BCUT2D eigenvalue weighted by atomic mass is 32.2. The number of carbonyl (C=O) groups excluding carboxylic acids is 1. The van der Waals surface area contributed by atoms with E-state index in [0.29, 0.717) is 24.3 Å². The van der Waals surface area contributed by atoms with Crippen molar-refractivity contribution in [1.82, 2.24) is 4.90 Å². The van der Waals surface area contributed by atoms with Gasteiger partial charge in [-0.2, -0.15) is 0 Å². The van der Waals surface area contributed by atoms with E-state index in [1.54, 1.807) is 23.1 Å². The Morgan fingerprint density at radius 1 is 1.07 bits per heavy atom. The number of carbonyl (C=O) groups is 1. The Labute approximate surface area is 179 Å². The predicted molar refractivity (Wildman–Crippen MR) is 120 cm³/mol. The van der Waals surface area contributed by atoms with Crippen molar-refractivity contribution in [3.05, 3.63) is 59.7 Å². The van der Waals surface area contributed by atoms with E-state index in [1.807, 2.05) is 18.2 Å². The lowest BCUT2D eigenvalue weighted by atomic mass is 10.1. The van der Waals surface area contributed by atoms with Crippen LogP contribution in [0, 0.1) is 0 Å². The number of nitrogens with zero attached hydrogens (tertiary/aromatic N) is 2. The smallest absolute Gasteiger partial charge is 0.258 e. The maximum absolute atomic E-state index is 13.4. The molecule has 1 amide bonds. The molecular formula is C23H30N2O4S. The maximum atomic E-state index is 13.4. The van der Waals surface area contributed by atoms with E-state index in [0.717, 1.165) is 24.3 Å². The van der Waals surface area contributed by atoms with E-state index in [9.17, 15) is 13.2 Å². The molecule has 0 N–H and O–H groups in total. The van der Waals surface area contributed by atoms with Gasteiger partial charge < -0.3 is 14.5 Å². The topological polar surface area (TPSA) is 66.9 Å². The highest BCUT2D eigenvalue weighted by Gasteiger charge is 2.35. The standard InChI is InChI=1S/C23H30N2O4S/c1-4-24(5-2)19-12-10-18(11-13-19)16-25(20-14-15-30(27,28)17-20)23(26)21-8-6-7-9-22(21)29-3/h6-13,20H,4-5,14-17H2,1-3H3. The molecular weight excluding hydrogens is 400 g/mol. The van der Waals surface area contributed by atoms with E-state index in [1.165, 1.54) is 7.11 Å². The van der Waals surface area contributed by atoms with Gasteiger partial charge in [0.15, 0.2) is 9.84 Å². The number of hydrogen-bond donors (Lipinski definition) is 0. The van der Waals surface area contributed by atoms with Gasteiger partial charge in [-0.1, -0.05) is 24.3 Å². The molecule has 2 aromatic rings. The Balaban J connectivity index is 1.89. The Kier molecular flexibility index (Phi) is 7.02. The highest BCUT2D eigenvalue weighted by molar-refractivity contribution is 7.91.